The summed E-state index contributed by atoms with van der Waals surface area (Å²) in [6, 6.07) is 10.3. The van der Waals surface area contributed by atoms with E-state index in [1.807, 2.05) is 18.2 Å². The van der Waals surface area contributed by atoms with E-state index < -0.39 is 8.07 Å². The molecular formula is C18H26O2Si. The lowest BCUT2D eigenvalue weighted by atomic mass is 10.1. The Kier molecular flexibility index (Phi) is 6.04. The molecule has 1 saturated heterocycles. The van der Waals surface area contributed by atoms with Crippen LogP contribution in [-0.4, -0.2) is 26.9 Å². The summed E-state index contributed by atoms with van der Waals surface area (Å²) in [6.07, 6.45) is 3.64. The highest BCUT2D eigenvalue weighted by Crippen LogP contribution is 2.19. The Balaban J connectivity index is 1.75. The van der Waals surface area contributed by atoms with Crippen molar-refractivity contribution in [2.75, 3.05) is 6.61 Å². The van der Waals surface area contributed by atoms with Crippen molar-refractivity contribution in [3.63, 3.8) is 0 Å². The molecular weight excluding hydrogens is 276 g/mol. The van der Waals surface area contributed by atoms with Crippen LogP contribution in [-0.2, 0) is 16.1 Å². The SMILES string of the molecule is C[Si](C)(C)C#CC1CCC[C@@H](COCc2ccccc2)O1. The van der Waals surface area contributed by atoms with Gasteiger partial charge in [-0.1, -0.05) is 55.9 Å². The largest absolute Gasteiger partial charge is 0.374 e. The van der Waals surface area contributed by atoms with E-state index in [0.717, 1.165) is 12.8 Å². The average Bonchev–Trinajstić information content (AvgIpc) is 2.46. The molecule has 114 valence electrons. The van der Waals surface area contributed by atoms with Gasteiger partial charge in [-0.25, -0.2) is 0 Å². The van der Waals surface area contributed by atoms with Gasteiger partial charge >= 0.3 is 0 Å². The first-order chi connectivity index (χ1) is 10.0. The minimum absolute atomic E-state index is 0.107. The Bertz CT molecular complexity index is 481. The molecule has 1 aromatic carbocycles. The maximum Gasteiger partial charge on any atom is 0.129 e. The molecule has 0 amide bonds. The van der Waals surface area contributed by atoms with E-state index in [-0.39, 0.29) is 12.2 Å². The Hall–Kier alpha value is -1.08. The fraction of sp³-hybridized carbons (Fsp3) is 0.556. The minimum atomic E-state index is -1.31. The van der Waals surface area contributed by atoms with Crippen LogP contribution < -0.4 is 0 Å². The van der Waals surface area contributed by atoms with E-state index in [2.05, 4.69) is 43.2 Å². The summed E-state index contributed by atoms with van der Waals surface area (Å²) in [7, 11) is -1.31. The predicted octanol–water partition coefficient (Wildman–Crippen LogP) is 4.02. The zero-order valence-electron chi connectivity index (χ0n) is 13.4. The van der Waals surface area contributed by atoms with Crippen LogP contribution >= 0.6 is 0 Å². The first kappa shape index (κ1) is 16.3. The van der Waals surface area contributed by atoms with Gasteiger partial charge in [-0.3, -0.25) is 0 Å². The van der Waals surface area contributed by atoms with Gasteiger partial charge in [0.25, 0.3) is 0 Å². The monoisotopic (exact) mass is 302 g/mol. The third kappa shape index (κ3) is 6.47. The van der Waals surface area contributed by atoms with Crippen LogP contribution in [0.25, 0.3) is 0 Å². The van der Waals surface area contributed by atoms with Crippen molar-refractivity contribution in [2.45, 2.75) is 57.7 Å². The molecule has 21 heavy (non-hydrogen) atoms. The van der Waals surface area contributed by atoms with Crippen molar-refractivity contribution in [3.8, 4) is 11.5 Å². The summed E-state index contributed by atoms with van der Waals surface area (Å²) >= 11 is 0. The standard InChI is InChI=1S/C18H26O2Si/c1-21(2,3)13-12-17-10-7-11-18(20-17)15-19-14-16-8-5-4-6-9-16/h4-6,8-9,17-18H,7,10-11,14-15H2,1-3H3/t17?,18-/m0/s1. The molecule has 1 aliphatic rings. The van der Waals surface area contributed by atoms with Crippen molar-refractivity contribution in [1.82, 2.24) is 0 Å². The molecule has 3 heteroatoms. The van der Waals surface area contributed by atoms with Crippen LogP contribution in [0.3, 0.4) is 0 Å². The smallest absolute Gasteiger partial charge is 0.129 e. The molecule has 2 nitrogen and oxygen atoms in total. The number of rotatable bonds is 4. The lowest BCUT2D eigenvalue weighted by Gasteiger charge is -2.27. The van der Waals surface area contributed by atoms with Crippen LogP contribution in [0.2, 0.25) is 19.6 Å². The summed E-state index contributed by atoms with van der Waals surface area (Å²) in [5.41, 5.74) is 4.63. The molecule has 0 spiro atoms. The molecule has 1 unspecified atom stereocenters. The van der Waals surface area contributed by atoms with Gasteiger partial charge < -0.3 is 9.47 Å². The van der Waals surface area contributed by atoms with E-state index in [9.17, 15) is 0 Å². The number of benzene rings is 1. The molecule has 2 rings (SSSR count). The van der Waals surface area contributed by atoms with E-state index >= 15 is 0 Å². The van der Waals surface area contributed by atoms with Crippen molar-refractivity contribution >= 4 is 8.07 Å². The van der Waals surface area contributed by atoms with Crippen molar-refractivity contribution < 1.29 is 9.47 Å². The highest BCUT2D eigenvalue weighted by Gasteiger charge is 2.21. The fourth-order valence-corrected chi connectivity index (χ4v) is 2.90. The van der Waals surface area contributed by atoms with Crippen molar-refractivity contribution in [1.29, 1.82) is 0 Å². The second kappa shape index (κ2) is 7.79. The third-order valence-corrected chi connectivity index (χ3v) is 4.27. The number of ether oxygens (including phenoxy) is 2. The maximum absolute atomic E-state index is 6.04. The molecule has 2 atom stereocenters. The molecule has 1 aliphatic heterocycles. The Morgan fingerprint density at radius 2 is 1.95 bits per heavy atom. The Morgan fingerprint density at radius 3 is 2.67 bits per heavy atom. The Morgan fingerprint density at radius 1 is 1.19 bits per heavy atom. The van der Waals surface area contributed by atoms with Crippen molar-refractivity contribution in [2.24, 2.45) is 0 Å². The van der Waals surface area contributed by atoms with Crippen LogP contribution in [0, 0.1) is 11.5 Å². The molecule has 1 fully saturated rings. The van der Waals surface area contributed by atoms with E-state index in [1.54, 1.807) is 0 Å². The molecule has 0 saturated carbocycles. The normalized spacial score (nSPS) is 22.4. The van der Waals surface area contributed by atoms with Gasteiger partial charge in [0.1, 0.15) is 14.2 Å². The topological polar surface area (TPSA) is 18.5 Å². The number of hydrogen-bond donors (Lipinski definition) is 0. The molecule has 0 bridgehead atoms. The zero-order valence-corrected chi connectivity index (χ0v) is 14.4. The summed E-state index contributed by atoms with van der Waals surface area (Å²) in [4.78, 5) is 0. The van der Waals surface area contributed by atoms with Gasteiger partial charge in [-0.05, 0) is 24.8 Å². The molecule has 1 heterocycles. The first-order valence-corrected chi connectivity index (χ1v) is 11.3. The molecule has 0 radical (unpaired) electrons. The summed E-state index contributed by atoms with van der Waals surface area (Å²) in [5, 5.41) is 0. The molecule has 0 aromatic heterocycles. The average molecular weight is 302 g/mol. The van der Waals surface area contributed by atoms with Gasteiger partial charge in [0.2, 0.25) is 0 Å². The minimum Gasteiger partial charge on any atom is -0.374 e. The lowest BCUT2D eigenvalue weighted by Crippen LogP contribution is -2.30. The predicted molar refractivity (Wildman–Crippen MR) is 89.7 cm³/mol. The van der Waals surface area contributed by atoms with E-state index in [1.165, 1.54) is 12.0 Å². The maximum atomic E-state index is 6.04. The summed E-state index contributed by atoms with van der Waals surface area (Å²) in [6.45, 7) is 8.13. The van der Waals surface area contributed by atoms with Gasteiger partial charge in [0.05, 0.1) is 19.3 Å². The van der Waals surface area contributed by atoms with Crippen LogP contribution in [0.15, 0.2) is 30.3 Å². The van der Waals surface area contributed by atoms with Gasteiger partial charge in [-0.15, -0.1) is 5.54 Å². The highest BCUT2D eigenvalue weighted by molar-refractivity contribution is 6.83. The fourth-order valence-electron chi connectivity index (χ4n) is 2.31. The lowest BCUT2D eigenvalue weighted by molar-refractivity contribution is -0.0683. The Labute approximate surface area is 129 Å². The van der Waals surface area contributed by atoms with Crippen LogP contribution in [0.5, 0.6) is 0 Å². The summed E-state index contributed by atoms with van der Waals surface area (Å²) in [5.74, 6) is 3.33. The third-order valence-electron chi connectivity index (χ3n) is 3.37. The second-order valence-corrected chi connectivity index (χ2v) is 11.4. The summed E-state index contributed by atoms with van der Waals surface area (Å²) < 4.78 is 11.8. The highest BCUT2D eigenvalue weighted by atomic mass is 28.3. The molecule has 0 aliphatic carbocycles. The molecule has 1 aromatic rings. The number of hydrogen-bond acceptors (Lipinski definition) is 2. The first-order valence-electron chi connectivity index (χ1n) is 7.83. The van der Waals surface area contributed by atoms with Gasteiger partial charge in [0.15, 0.2) is 0 Å². The van der Waals surface area contributed by atoms with Gasteiger partial charge in [-0.2, -0.15) is 0 Å². The quantitative estimate of drug-likeness (QED) is 0.618. The van der Waals surface area contributed by atoms with E-state index in [4.69, 9.17) is 9.47 Å². The van der Waals surface area contributed by atoms with E-state index in [0.29, 0.717) is 13.2 Å². The zero-order chi connectivity index (χ0) is 15.1. The van der Waals surface area contributed by atoms with Crippen LogP contribution in [0.1, 0.15) is 24.8 Å². The second-order valence-electron chi connectivity index (χ2n) is 6.70. The van der Waals surface area contributed by atoms with Crippen LogP contribution in [0.4, 0.5) is 0 Å². The van der Waals surface area contributed by atoms with Crippen molar-refractivity contribution in [3.05, 3.63) is 35.9 Å². The molecule has 0 N–H and O–H groups in total. The van der Waals surface area contributed by atoms with Gasteiger partial charge in [0, 0.05) is 0 Å².